The minimum atomic E-state index is -0.727. The van der Waals surface area contributed by atoms with Crippen molar-refractivity contribution in [1.82, 2.24) is 10.6 Å². The van der Waals surface area contributed by atoms with Crippen molar-refractivity contribution in [3.63, 3.8) is 0 Å². The molecule has 0 spiro atoms. The Hall–Kier alpha value is -3.21. The summed E-state index contributed by atoms with van der Waals surface area (Å²) in [5.41, 5.74) is -0.322. The van der Waals surface area contributed by atoms with Gasteiger partial charge in [-0.2, -0.15) is 0 Å². The Morgan fingerprint density at radius 3 is 1.47 bits per heavy atom. The zero-order valence-electron chi connectivity index (χ0n) is 21.5. The Bertz CT molecular complexity index is 1150. The van der Waals surface area contributed by atoms with Crippen LogP contribution in [-0.4, -0.2) is 57.5 Å². The molecule has 0 unspecified atom stereocenters. The number of carbonyl (C=O) groups is 2. The molecule has 0 saturated carbocycles. The minimum Gasteiger partial charge on any atom is -0.870 e. The molecule has 0 fully saturated rings. The summed E-state index contributed by atoms with van der Waals surface area (Å²) in [4.78, 5) is 42.3. The first-order valence-electron chi connectivity index (χ1n) is 10.1. The molecule has 0 aliphatic carbocycles. The van der Waals surface area contributed by atoms with Crippen LogP contribution in [0.1, 0.15) is 11.1 Å². The topological polar surface area (TPSA) is 214 Å². The van der Waals surface area contributed by atoms with Gasteiger partial charge in [0.25, 0.3) is 11.4 Å². The van der Waals surface area contributed by atoms with Gasteiger partial charge in [-0.1, -0.05) is 5.75 Å². The average Bonchev–Trinajstić information content (AvgIpc) is 2.89. The molecule has 0 aliphatic heterocycles. The maximum absolute atomic E-state index is 11.4. The molecule has 0 bridgehead atoms. The maximum Gasteiger partial charge on any atom is 1.00 e. The van der Waals surface area contributed by atoms with Gasteiger partial charge in [0.15, 0.2) is 11.5 Å². The van der Waals surface area contributed by atoms with Crippen LogP contribution in [0.3, 0.4) is 0 Å². The molecule has 38 heavy (non-hydrogen) atoms. The summed E-state index contributed by atoms with van der Waals surface area (Å²) in [5, 5.41) is 37.5. The van der Waals surface area contributed by atoms with Crippen LogP contribution in [0.2, 0.25) is 0 Å². The molecular formula is C21H25N4O12Rb. The fourth-order valence-electron chi connectivity index (χ4n) is 2.66. The Morgan fingerprint density at radius 1 is 0.737 bits per heavy atom. The van der Waals surface area contributed by atoms with E-state index in [1.165, 1.54) is 53.6 Å². The van der Waals surface area contributed by atoms with Crippen molar-refractivity contribution in [1.29, 1.82) is 0 Å². The van der Waals surface area contributed by atoms with E-state index in [1.807, 2.05) is 0 Å². The van der Waals surface area contributed by atoms with Crippen molar-refractivity contribution in [2.75, 3.05) is 35.4 Å². The SMILES string of the molecule is CNC(=O)OCc1cc(OC)c(OC)cc1[N+](=O)[O-].CNC(=O)OCc1cc(OC)c([O-])cc1[N+](=O)[O-].[Rb+]. The number of methoxy groups -OCH3 is 3. The molecule has 0 saturated heterocycles. The standard InChI is InChI=1S/C11H14N2O6.C10H12N2O6.Rb/c1-12-11(14)19-6-7-4-9(17-2)10(18-3)5-8(7)13(15)16;1-11-10(14)18-5-6-3-9(17-2)8(13)4-7(6)12(15)16;/h4-5H,6H2,1-3H3,(H,12,14);3-4,13H,5H2,1-2H3,(H,11,14);/q;;+1/p-1. The van der Waals surface area contributed by atoms with E-state index in [2.05, 4.69) is 10.6 Å². The molecular weight excluding hydrogens is 586 g/mol. The third-order valence-electron chi connectivity index (χ3n) is 4.47. The Labute approximate surface area is 265 Å². The number of benzene rings is 2. The Balaban J connectivity index is 0.000000703. The van der Waals surface area contributed by atoms with E-state index in [9.17, 15) is 34.9 Å². The van der Waals surface area contributed by atoms with Gasteiger partial charge in [-0.25, -0.2) is 9.59 Å². The van der Waals surface area contributed by atoms with E-state index in [-0.39, 0.29) is 99.7 Å². The zero-order chi connectivity index (χ0) is 28.1. The first-order chi connectivity index (χ1) is 17.5. The van der Waals surface area contributed by atoms with E-state index in [0.717, 1.165) is 6.07 Å². The summed E-state index contributed by atoms with van der Waals surface area (Å²) in [6.45, 7) is -0.567. The summed E-state index contributed by atoms with van der Waals surface area (Å²) < 4.78 is 24.3. The molecule has 2 N–H and O–H groups in total. The number of ether oxygens (including phenoxy) is 5. The van der Waals surface area contributed by atoms with Gasteiger partial charge in [0.1, 0.15) is 19.0 Å². The van der Waals surface area contributed by atoms with Crippen molar-refractivity contribution < 1.29 is 106 Å². The number of nitrogens with one attached hydrogen (secondary N) is 2. The van der Waals surface area contributed by atoms with Gasteiger partial charge in [-0.15, -0.1) is 0 Å². The van der Waals surface area contributed by atoms with Crippen LogP contribution < -0.4 is 88.1 Å². The van der Waals surface area contributed by atoms with Gasteiger partial charge in [-0.05, 0) is 12.1 Å². The summed E-state index contributed by atoms with van der Waals surface area (Å²) in [6, 6.07) is 4.64. The van der Waals surface area contributed by atoms with E-state index >= 15 is 0 Å². The van der Waals surface area contributed by atoms with Gasteiger partial charge in [0, 0.05) is 20.2 Å². The molecule has 202 valence electrons. The molecule has 2 aromatic carbocycles. The van der Waals surface area contributed by atoms with E-state index in [0.29, 0.717) is 5.75 Å². The summed E-state index contributed by atoms with van der Waals surface area (Å²) in [5.74, 6) is -0.0921. The second kappa shape index (κ2) is 17.3. The first-order valence-corrected chi connectivity index (χ1v) is 10.1. The quantitative estimate of drug-likeness (QED) is 0.258. The van der Waals surface area contributed by atoms with Crippen molar-refractivity contribution in [3.8, 4) is 23.0 Å². The second-order valence-corrected chi connectivity index (χ2v) is 6.63. The smallest absolute Gasteiger partial charge is 0.870 e. The number of hydrogen-bond acceptors (Lipinski definition) is 12. The predicted molar refractivity (Wildman–Crippen MR) is 124 cm³/mol. The second-order valence-electron chi connectivity index (χ2n) is 6.63. The van der Waals surface area contributed by atoms with Crippen LogP contribution in [0, 0.1) is 20.2 Å². The first kappa shape index (κ1) is 34.8. The van der Waals surface area contributed by atoms with Crippen molar-refractivity contribution in [3.05, 3.63) is 55.6 Å². The van der Waals surface area contributed by atoms with Crippen molar-refractivity contribution >= 4 is 23.6 Å². The molecule has 0 heterocycles. The molecule has 0 radical (unpaired) electrons. The van der Waals surface area contributed by atoms with Gasteiger partial charge in [0.2, 0.25) is 0 Å². The third kappa shape index (κ3) is 10.3. The fourth-order valence-corrected chi connectivity index (χ4v) is 2.66. The fraction of sp³-hybridized carbons (Fsp3) is 0.333. The number of rotatable bonds is 9. The number of nitro benzene ring substituents is 2. The van der Waals surface area contributed by atoms with Gasteiger partial charge in [-0.3, -0.25) is 20.2 Å². The van der Waals surface area contributed by atoms with Crippen LogP contribution in [-0.2, 0) is 22.7 Å². The van der Waals surface area contributed by atoms with Gasteiger partial charge < -0.3 is 39.4 Å². The van der Waals surface area contributed by atoms with Crippen LogP contribution in [0.4, 0.5) is 21.0 Å². The normalized spacial score (nSPS) is 9.39. The Morgan fingerprint density at radius 2 is 1.11 bits per heavy atom. The van der Waals surface area contributed by atoms with Crippen LogP contribution in [0.15, 0.2) is 24.3 Å². The third-order valence-corrected chi connectivity index (χ3v) is 4.47. The van der Waals surface area contributed by atoms with E-state index < -0.39 is 33.5 Å². The molecule has 0 atom stereocenters. The predicted octanol–water partition coefficient (Wildman–Crippen LogP) is -0.995. The number of amides is 2. The average molecular weight is 611 g/mol. The molecule has 17 heteroatoms. The minimum absolute atomic E-state index is 0. The molecule has 0 aliphatic rings. The summed E-state index contributed by atoms with van der Waals surface area (Å²) in [7, 11) is 6.81. The molecule has 2 amide bonds. The summed E-state index contributed by atoms with van der Waals surface area (Å²) in [6.07, 6.45) is -1.40. The number of carbonyl (C=O) groups excluding carboxylic acids is 2. The van der Waals surface area contributed by atoms with Crippen LogP contribution in [0.5, 0.6) is 23.0 Å². The molecule has 16 nitrogen and oxygen atoms in total. The van der Waals surface area contributed by atoms with Gasteiger partial charge >= 0.3 is 70.4 Å². The maximum atomic E-state index is 11.4. The monoisotopic (exact) mass is 610 g/mol. The molecule has 2 aromatic rings. The number of alkyl carbamates (subject to hydrolysis) is 2. The largest absolute Gasteiger partial charge is 1.00 e. The number of hydrogen-bond donors (Lipinski definition) is 2. The number of nitrogens with zero attached hydrogens (tertiary/aromatic N) is 2. The van der Waals surface area contributed by atoms with E-state index in [1.54, 1.807) is 0 Å². The van der Waals surface area contributed by atoms with E-state index in [4.69, 9.17) is 23.7 Å². The van der Waals surface area contributed by atoms with Crippen LogP contribution >= 0.6 is 0 Å². The van der Waals surface area contributed by atoms with Crippen molar-refractivity contribution in [2.24, 2.45) is 0 Å². The zero-order valence-corrected chi connectivity index (χ0v) is 26.4. The summed E-state index contributed by atoms with van der Waals surface area (Å²) >= 11 is 0. The van der Waals surface area contributed by atoms with Crippen molar-refractivity contribution in [2.45, 2.75) is 13.2 Å². The van der Waals surface area contributed by atoms with Gasteiger partial charge in [0.05, 0.1) is 48.4 Å². The Kier molecular flexibility index (Phi) is 15.9. The molecule has 0 aromatic heterocycles. The molecule has 2 rings (SSSR count). The number of nitro groups is 2. The van der Waals surface area contributed by atoms with Crippen LogP contribution in [0.25, 0.3) is 0 Å².